The topological polar surface area (TPSA) is 55.1 Å². The van der Waals surface area contributed by atoms with Crippen LogP contribution in [0, 0.1) is 0 Å². The minimum atomic E-state index is -0.0946. The lowest BCUT2D eigenvalue weighted by Gasteiger charge is -2.03. The minimum absolute atomic E-state index is 0.0946. The average molecular weight is 301 g/mol. The highest BCUT2D eigenvalue weighted by molar-refractivity contribution is 6.31. The van der Waals surface area contributed by atoms with E-state index >= 15 is 0 Å². The van der Waals surface area contributed by atoms with Crippen molar-refractivity contribution >= 4 is 28.4 Å². The molecule has 0 saturated heterocycles. The summed E-state index contributed by atoms with van der Waals surface area (Å²) in [5, 5.41) is 8.08. The maximum Gasteiger partial charge on any atom is 0.224 e. The highest BCUT2D eigenvalue weighted by atomic mass is 35.5. The summed E-state index contributed by atoms with van der Waals surface area (Å²) in [6.45, 7) is 0. The Hall–Kier alpha value is -2.33. The Morgan fingerprint density at radius 1 is 1.29 bits per heavy atom. The summed E-state index contributed by atoms with van der Waals surface area (Å²) >= 11 is 6.17. The first-order valence-corrected chi connectivity index (χ1v) is 6.90. The lowest BCUT2D eigenvalue weighted by atomic mass is 10.0. The van der Waals surface area contributed by atoms with Crippen LogP contribution >= 0.6 is 11.6 Å². The van der Waals surface area contributed by atoms with E-state index in [-0.39, 0.29) is 12.3 Å². The van der Waals surface area contributed by atoms with E-state index in [2.05, 4.69) is 10.5 Å². The Balaban J connectivity index is 2.16. The Morgan fingerprint density at radius 2 is 2.05 bits per heavy atom. The van der Waals surface area contributed by atoms with Crippen LogP contribution < -0.4 is 5.32 Å². The van der Waals surface area contributed by atoms with E-state index < -0.39 is 0 Å². The number of rotatable bonds is 3. The summed E-state index contributed by atoms with van der Waals surface area (Å²) < 4.78 is 5.47. The van der Waals surface area contributed by atoms with E-state index in [4.69, 9.17) is 16.1 Å². The molecular weight excluding hydrogens is 288 g/mol. The van der Waals surface area contributed by atoms with Crippen LogP contribution in [-0.2, 0) is 11.2 Å². The fraction of sp³-hybridized carbons (Fsp3) is 0.125. The normalized spacial score (nSPS) is 10.8. The molecule has 0 aliphatic heterocycles. The van der Waals surface area contributed by atoms with Gasteiger partial charge in [0.25, 0.3) is 0 Å². The zero-order valence-corrected chi connectivity index (χ0v) is 12.1. The van der Waals surface area contributed by atoms with Crippen LogP contribution in [0.4, 0.5) is 0 Å². The second-order valence-electron chi connectivity index (χ2n) is 4.69. The van der Waals surface area contributed by atoms with Crippen LogP contribution in [0.5, 0.6) is 0 Å². The third kappa shape index (κ3) is 2.62. The Bertz CT molecular complexity index is 797. The van der Waals surface area contributed by atoms with Crippen molar-refractivity contribution in [1.29, 1.82) is 0 Å². The van der Waals surface area contributed by atoms with E-state index in [9.17, 15) is 4.79 Å². The lowest BCUT2D eigenvalue weighted by Crippen LogP contribution is -2.20. The number of halogens is 1. The summed E-state index contributed by atoms with van der Waals surface area (Å²) in [7, 11) is 1.60. The first-order valence-electron chi connectivity index (χ1n) is 6.53. The fourth-order valence-electron chi connectivity index (χ4n) is 2.27. The number of amides is 1. The van der Waals surface area contributed by atoms with Gasteiger partial charge in [0.15, 0.2) is 5.76 Å². The number of fused-ring (bicyclic) bond motifs is 1. The van der Waals surface area contributed by atoms with Crippen molar-refractivity contribution in [3.8, 4) is 11.3 Å². The van der Waals surface area contributed by atoms with Gasteiger partial charge >= 0.3 is 0 Å². The summed E-state index contributed by atoms with van der Waals surface area (Å²) in [4.78, 5) is 11.6. The minimum Gasteiger partial charge on any atom is -0.359 e. The van der Waals surface area contributed by atoms with Crippen molar-refractivity contribution < 1.29 is 9.32 Å². The molecule has 0 radical (unpaired) electrons. The zero-order valence-electron chi connectivity index (χ0n) is 11.4. The van der Waals surface area contributed by atoms with E-state index in [1.807, 2.05) is 36.4 Å². The third-order valence-electron chi connectivity index (χ3n) is 3.29. The number of hydrogen-bond donors (Lipinski definition) is 1. The van der Waals surface area contributed by atoms with Gasteiger partial charge in [-0.2, -0.15) is 0 Å². The molecule has 0 unspecified atom stereocenters. The average Bonchev–Trinajstić information content (AvgIpc) is 2.91. The van der Waals surface area contributed by atoms with Crippen LogP contribution in [-0.4, -0.2) is 18.1 Å². The van der Waals surface area contributed by atoms with Gasteiger partial charge in [0.1, 0.15) is 5.52 Å². The summed E-state index contributed by atoms with van der Waals surface area (Å²) in [5.41, 5.74) is 2.35. The van der Waals surface area contributed by atoms with Crippen molar-refractivity contribution in [3.63, 3.8) is 0 Å². The number of hydrogen-bond acceptors (Lipinski definition) is 3. The number of carbonyl (C=O) groups is 1. The van der Waals surface area contributed by atoms with E-state index in [1.54, 1.807) is 13.1 Å². The molecule has 21 heavy (non-hydrogen) atoms. The fourth-order valence-corrected chi connectivity index (χ4v) is 2.51. The molecule has 0 aliphatic carbocycles. The van der Waals surface area contributed by atoms with Gasteiger partial charge in [0, 0.05) is 17.6 Å². The van der Waals surface area contributed by atoms with Crippen LogP contribution in [0.25, 0.3) is 22.2 Å². The predicted molar refractivity (Wildman–Crippen MR) is 82.2 cm³/mol. The van der Waals surface area contributed by atoms with Crippen LogP contribution in [0.3, 0.4) is 0 Å². The SMILES string of the molecule is CNC(=O)Cc1cc(Cl)cc2c(-c3ccccc3)onc12. The number of carbonyl (C=O) groups excluding carboxylic acids is 1. The van der Waals surface area contributed by atoms with Gasteiger partial charge in [-0.05, 0) is 17.7 Å². The summed E-state index contributed by atoms with van der Waals surface area (Å²) in [6, 6.07) is 13.2. The van der Waals surface area contributed by atoms with E-state index in [1.165, 1.54) is 0 Å². The molecule has 5 heteroatoms. The Labute approximate surface area is 126 Å². The van der Waals surface area contributed by atoms with Gasteiger partial charge in [-0.3, -0.25) is 4.79 Å². The molecule has 106 valence electrons. The molecular formula is C16H13ClN2O2. The monoisotopic (exact) mass is 300 g/mol. The number of benzene rings is 2. The van der Waals surface area contributed by atoms with Gasteiger partial charge in [-0.15, -0.1) is 0 Å². The van der Waals surface area contributed by atoms with Crippen LogP contribution in [0.1, 0.15) is 5.56 Å². The number of aromatic nitrogens is 1. The zero-order chi connectivity index (χ0) is 14.8. The van der Waals surface area contributed by atoms with Gasteiger partial charge in [0.05, 0.1) is 11.8 Å². The molecule has 1 N–H and O–H groups in total. The van der Waals surface area contributed by atoms with E-state index in [0.717, 1.165) is 16.5 Å². The highest BCUT2D eigenvalue weighted by Gasteiger charge is 2.16. The largest absolute Gasteiger partial charge is 0.359 e. The third-order valence-corrected chi connectivity index (χ3v) is 3.51. The molecule has 3 rings (SSSR count). The molecule has 1 amide bonds. The lowest BCUT2D eigenvalue weighted by molar-refractivity contribution is -0.119. The molecule has 1 aromatic heterocycles. The van der Waals surface area contributed by atoms with Crippen LogP contribution in [0.2, 0.25) is 5.02 Å². The quantitative estimate of drug-likeness (QED) is 0.806. The predicted octanol–water partition coefficient (Wildman–Crippen LogP) is 3.44. The standard InChI is InChI=1S/C16H13ClN2O2/c1-18-14(20)8-11-7-12(17)9-13-15(11)19-21-16(13)10-5-3-2-4-6-10/h2-7,9H,8H2,1H3,(H,18,20). The van der Waals surface area contributed by atoms with Crippen molar-refractivity contribution in [1.82, 2.24) is 10.5 Å². The second kappa shape index (κ2) is 5.58. The highest BCUT2D eigenvalue weighted by Crippen LogP contribution is 2.32. The number of nitrogens with zero attached hydrogens (tertiary/aromatic N) is 1. The summed E-state index contributed by atoms with van der Waals surface area (Å²) in [5.74, 6) is 0.564. The molecule has 0 atom stereocenters. The molecule has 0 saturated carbocycles. The molecule has 4 nitrogen and oxygen atoms in total. The first kappa shape index (κ1) is 13.6. The molecule has 3 aromatic rings. The molecule has 0 fully saturated rings. The Kier molecular flexibility index (Phi) is 3.62. The molecule has 0 spiro atoms. The van der Waals surface area contributed by atoms with Gasteiger partial charge in [-0.25, -0.2) is 0 Å². The van der Waals surface area contributed by atoms with Crippen molar-refractivity contribution in [2.75, 3.05) is 7.05 Å². The van der Waals surface area contributed by atoms with Crippen molar-refractivity contribution in [3.05, 3.63) is 53.1 Å². The first-order chi connectivity index (χ1) is 10.2. The Morgan fingerprint density at radius 3 is 2.76 bits per heavy atom. The molecule has 0 aliphatic rings. The molecule has 2 aromatic carbocycles. The summed E-state index contributed by atoms with van der Waals surface area (Å²) in [6.07, 6.45) is 0.217. The number of nitrogens with one attached hydrogen (secondary N) is 1. The smallest absolute Gasteiger partial charge is 0.224 e. The molecule has 0 bridgehead atoms. The van der Waals surface area contributed by atoms with E-state index in [0.29, 0.717) is 16.3 Å². The van der Waals surface area contributed by atoms with Gasteiger partial charge in [0.2, 0.25) is 5.91 Å². The van der Waals surface area contributed by atoms with Crippen molar-refractivity contribution in [2.45, 2.75) is 6.42 Å². The second-order valence-corrected chi connectivity index (χ2v) is 5.13. The maximum absolute atomic E-state index is 11.6. The van der Waals surface area contributed by atoms with Crippen molar-refractivity contribution in [2.24, 2.45) is 0 Å². The number of likely N-dealkylation sites (N-methyl/N-ethyl adjacent to an activating group) is 1. The van der Waals surface area contributed by atoms with Gasteiger partial charge in [-0.1, -0.05) is 47.1 Å². The maximum atomic E-state index is 11.6. The molecule has 1 heterocycles. The van der Waals surface area contributed by atoms with Crippen LogP contribution in [0.15, 0.2) is 47.0 Å². The van der Waals surface area contributed by atoms with Gasteiger partial charge < -0.3 is 9.84 Å².